The largest absolute Gasteiger partial charge is 0.378 e. The molecule has 0 heterocycles. The van der Waals surface area contributed by atoms with Crippen LogP contribution in [0.3, 0.4) is 0 Å². The van der Waals surface area contributed by atoms with Crippen LogP contribution in [0.4, 0.5) is 0 Å². The first-order chi connectivity index (χ1) is 14.7. The van der Waals surface area contributed by atoms with Gasteiger partial charge in [-0.3, -0.25) is 14.4 Å². The standard InChI is InChI=1S/C25H44N2O4.2H2/c1-17(2)16-24(29)27-21-11-13-22(14-12-21)31-15-5-6-23(28)26-20-9-7-19(8-10-20)25(30)18(3)4;;/h17-22H,5-16H2,1-4H3,(H,26,28)(H,27,29);2*1H. The minimum Gasteiger partial charge on any atom is -0.378 e. The third-order valence-electron chi connectivity index (χ3n) is 6.60. The van der Waals surface area contributed by atoms with E-state index in [1.807, 2.05) is 13.8 Å². The second-order valence-corrected chi connectivity index (χ2v) is 10.3. The van der Waals surface area contributed by atoms with E-state index in [1.165, 1.54) is 0 Å². The zero-order chi connectivity index (χ0) is 22.8. The molecule has 2 rings (SSSR count). The Balaban J connectivity index is 0.00000512. The molecule has 2 aliphatic carbocycles. The molecule has 0 radical (unpaired) electrons. The molecule has 2 N–H and O–H groups in total. The van der Waals surface area contributed by atoms with E-state index in [0.29, 0.717) is 31.1 Å². The fourth-order valence-electron chi connectivity index (χ4n) is 4.81. The van der Waals surface area contributed by atoms with Crippen LogP contribution in [-0.2, 0) is 19.1 Å². The summed E-state index contributed by atoms with van der Waals surface area (Å²) >= 11 is 0. The maximum atomic E-state index is 12.2. The predicted octanol–water partition coefficient (Wildman–Crippen LogP) is 4.65. The fraction of sp³-hybridized carbons (Fsp3) is 0.880. The van der Waals surface area contributed by atoms with Gasteiger partial charge in [-0.1, -0.05) is 27.7 Å². The van der Waals surface area contributed by atoms with Crippen molar-refractivity contribution in [2.45, 2.75) is 117 Å². The van der Waals surface area contributed by atoms with Gasteiger partial charge in [-0.05, 0) is 63.7 Å². The molecule has 0 unspecified atom stereocenters. The van der Waals surface area contributed by atoms with Gasteiger partial charge in [-0.15, -0.1) is 0 Å². The smallest absolute Gasteiger partial charge is 0.220 e. The predicted molar refractivity (Wildman–Crippen MR) is 127 cm³/mol. The quantitative estimate of drug-likeness (QED) is 0.458. The zero-order valence-corrected chi connectivity index (χ0v) is 20.1. The molecular formula is C25H48N2O4. The monoisotopic (exact) mass is 440 g/mol. The molecule has 0 aliphatic heterocycles. The second kappa shape index (κ2) is 13.2. The van der Waals surface area contributed by atoms with Gasteiger partial charge >= 0.3 is 0 Å². The number of Topliss-reactive ketones (excluding diaryl/α,β-unsaturated/α-hetero) is 1. The number of amides is 2. The molecule has 0 atom stereocenters. The number of hydrogen-bond donors (Lipinski definition) is 2. The lowest BCUT2D eigenvalue weighted by atomic mass is 9.80. The first-order valence-corrected chi connectivity index (χ1v) is 12.5. The number of carbonyl (C=O) groups excluding carboxylic acids is 3. The molecule has 0 aromatic heterocycles. The lowest BCUT2D eigenvalue weighted by Crippen LogP contribution is -2.39. The maximum Gasteiger partial charge on any atom is 0.220 e. The van der Waals surface area contributed by atoms with Crippen molar-refractivity contribution in [3.05, 3.63) is 0 Å². The lowest BCUT2D eigenvalue weighted by molar-refractivity contribution is -0.127. The van der Waals surface area contributed by atoms with Crippen LogP contribution in [0.15, 0.2) is 0 Å². The molecule has 182 valence electrons. The van der Waals surface area contributed by atoms with Crippen molar-refractivity contribution in [2.75, 3.05) is 6.61 Å². The maximum absolute atomic E-state index is 12.2. The Labute approximate surface area is 191 Å². The number of ketones is 1. The fourth-order valence-corrected chi connectivity index (χ4v) is 4.81. The highest BCUT2D eigenvalue weighted by atomic mass is 16.5. The number of hydrogen-bond acceptors (Lipinski definition) is 4. The van der Waals surface area contributed by atoms with E-state index >= 15 is 0 Å². The van der Waals surface area contributed by atoms with Gasteiger partial charge in [0.05, 0.1) is 6.10 Å². The van der Waals surface area contributed by atoms with Crippen LogP contribution in [0, 0.1) is 17.8 Å². The third-order valence-corrected chi connectivity index (χ3v) is 6.60. The third kappa shape index (κ3) is 9.71. The van der Waals surface area contributed by atoms with E-state index in [4.69, 9.17) is 4.74 Å². The Morgan fingerprint density at radius 2 is 1.39 bits per heavy atom. The van der Waals surface area contributed by atoms with E-state index in [1.54, 1.807) is 0 Å². The van der Waals surface area contributed by atoms with Crippen LogP contribution in [0.5, 0.6) is 0 Å². The first-order valence-electron chi connectivity index (χ1n) is 12.5. The van der Waals surface area contributed by atoms with Crippen molar-refractivity contribution in [2.24, 2.45) is 17.8 Å². The van der Waals surface area contributed by atoms with Crippen LogP contribution in [0.2, 0.25) is 0 Å². The first kappa shape index (κ1) is 25.8. The lowest BCUT2D eigenvalue weighted by Gasteiger charge is -2.30. The van der Waals surface area contributed by atoms with E-state index in [0.717, 1.165) is 57.8 Å². The summed E-state index contributed by atoms with van der Waals surface area (Å²) in [5.41, 5.74) is 0. The highest BCUT2D eigenvalue weighted by Crippen LogP contribution is 2.27. The van der Waals surface area contributed by atoms with Crippen molar-refractivity contribution in [3.63, 3.8) is 0 Å². The van der Waals surface area contributed by atoms with Crippen molar-refractivity contribution in [3.8, 4) is 0 Å². The van der Waals surface area contributed by atoms with Crippen molar-refractivity contribution < 1.29 is 22.0 Å². The highest BCUT2D eigenvalue weighted by Gasteiger charge is 2.28. The molecule has 2 fully saturated rings. The van der Waals surface area contributed by atoms with E-state index in [-0.39, 0.29) is 44.7 Å². The van der Waals surface area contributed by atoms with Crippen LogP contribution in [0.25, 0.3) is 0 Å². The number of nitrogens with one attached hydrogen (secondary N) is 2. The summed E-state index contributed by atoms with van der Waals surface area (Å²) < 4.78 is 5.97. The summed E-state index contributed by atoms with van der Waals surface area (Å²) in [6.07, 6.45) is 9.54. The summed E-state index contributed by atoms with van der Waals surface area (Å²) in [5.74, 6) is 1.30. The van der Waals surface area contributed by atoms with Gasteiger partial charge in [0.1, 0.15) is 5.78 Å². The Morgan fingerprint density at radius 3 is 1.94 bits per heavy atom. The van der Waals surface area contributed by atoms with Gasteiger partial charge in [-0.25, -0.2) is 0 Å². The Hall–Kier alpha value is -1.43. The molecular weight excluding hydrogens is 392 g/mol. The summed E-state index contributed by atoms with van der Waals surface area (Å²) in [6, 6.07) is 0.494. The van der Waals surface area contributed by atoms with Crippen molar-refractivity contribution in [1.29, 1.82) is 0 Å². The minimum atomic E-state index is 0. The summed E-state index contributed by atoms with van der Waals surface area (Å²) in [6.45, 7) is 8.67. The average molecular weight is 441 g/mol. The molecule has 0 spiro atoms. The Bertz CT molecular complexity index is 585. The normalized spacial score (nSPS) is 26.6. The minimum absolute atomic E-state index is 0. The van der Waals surface area contributed by atoms with E-state index in [2.05, 4.69) is 24.5 Å². The van der Waals surface area contributed by atoms with Crippen molar-refractivity contribution in [1.82, 2.24) is 10.6 Å². The molecule has 0 aromatic rings. The van der Waals surface area contributed by atoms with Crippen LogP contribution in [0.1, 0.15) is 101 Å². The molecule has 6 nitrogen and oxygen atoms in total. The number of ether oxygens (including phenoxy) is 1. The topological polar surface area (TPSA) is 84.5 Å². The van der Waals surface area contributed by atoms with Crippen LogP contribution < -0.4 is 10.6 Å². The van der Waals surface area contributed by atoms with Gasteiger partial charge < -0.3 is 15.4 Å². The molecule has 31 heavy (non-hydrogen) atoms. The van der Waals surface area contributed by atoms with Crippen LogP contribution in [-0.4, -0.2) is 42.4 Å². The summed E-state index contributed by atoms with van der Waals surface area (Å²) in [4.78, 5) is 36.2. The van der Waals surface area contributed by atoms with Gasteiger partial charge in [0.15, 0.2) is 0 Å². The molecule has 0 aromatic carbocycles. The average Bonchev–Trinajstić information content (AvgIpc) is 2.71. The molecule has 0 saturated heterocycles. The summed E-state index contributed by atoms with van der Waals surface area (Å²) in [5, 5.41) is 6.28. The van der Waals surface area contributed by atoms with Crippen molar-refractivity contribution >= 4 is 17.6 Å². The Kier molecular flexibility index (Phi) is 11.0. The van der Waals surface area contributed by atoms with Gasteiger partial charge in [0.2, 0.25) is 11.8 Å². The molecule has 2 amide bonds. The zero-order valence-electron chi connectivity index (χ0n) is 20.1. The van der Waals surface area contributed by atoms with E-state index in [9.17, 15) is 14.4 Å². The Morgan fingerprint density at radius 1 is 0.839 bits per heavy atom. The van der Waals surface area contributed by atoms with Crippen LogP contribution >= 0.6 is 0 Å². The molecule has 0 bridgehead atoms. The highest BCUT2D eigenvalue weighted by molar-refractivity contribution is 5.83. The SMILES string of the molecule is CC(C)CC(=O)NC1CCC(OCCCC(=O)NC2CCC(C(=O)C(C)C)CC2)CC1.[HH].[HH]. The van der Waals surface area contributed by atoms with E-state index < -0.39 is 0 Å². The molecule has 2 saturated carbocycles. The molecule has 6 heteroatoms. The molecule has 2 aliphatic rings. The summed E-state index contributed by atoms with van der Waals surface area (Å²) in [7, 11) is 0. The van der Waals surface area contributed by atoms with Gasteiger partial charge in [0.25, 0.3) is 0 Å². The second-order valence-electron chi connectivity index (χ2n) is 10.3. The van der Waals surface area contributed by atoms with Gasteiger partial charge in [-0.2, -0.15) is 0 Å². The number of rotatable bonds is 11. The van der Waals surface area contributed by atoms with Gasteiger partial charge in [0, 0.05) is 46.2 Å². The number of carbonyl (C=O) groups is 3.